The number of benzene rings is 1. The van der Waals surface area contributed by atoms with Crippen molar-refractivity contribution in [1.29, 1.82) is 0 Å². The van der Waals surface area contributed by atoms with Crippen LogP contribution in [-0.2, 0) is 29.2 Å². The highest BCUT2D eigenvalue weighted by molar-refractivity contribution is 7.87. The number of rotatable bonds is 10. The van der Waals surface area contributed by atoms with Gasteiger partial charge >= 0.3 is 5.97 Å². The second-order valence-corrected chi connectivity index (χ2v) is 9.60. The third-order valence-corrected chi connectivity index (χ3v) is 5.10. The van der Waals surface area contributed by atoms with Crippen molar-refractivity contribution in [3.8, 4) is 0 Å². The van der Waals surface area contributed by atoms with Crippen molar-refractivity contribution in [2.45, 2.75) is 20.3 Å². The maximum atomic E-state index is 11.9. The van der Waals surface area contributed by atoms with Crippen molar-refractivity contribution in [2.24, 2.45) is 5.41 Å². The number of hydrogen-bond donors (Lipinski definition) is 1. The Bertz CT molecular complexity index is 767. The molecule has 0 aromatic heterocycles. The van der Waals surface area contributed by atoms with Gasteiger partial charge in [0.25, 0.3) is 20.2 Å². The molecule has 8 nitrogen and oxygen atoms in total. The van der Waals surface area contributed by atoms with E-state index in [0.717, 1.165) is 0 Å². The molecule has 0 aliphatic carbocycles. The van der Waals surface area contributed by atoms with Crippen LogP contribution in [0.25, 0.3) is 0 Å². The van der Waals surface area contributed by atoms with Crippen molar-refractivity contribution in [3.05, 3.63) is 35.9 Å². The number of esters is 1. The van der Waals surface area contributed by atoms with Gasteiger partial charge in [0.2, 0.25) is 0 Å². The molecule has 0 amide bonds. The van der Waals surface area contributed by atoms with Crippen molar-refractivity contribution in [1.82, 2.24) is 0 Å². The molecule has 1 aromatic carbocycles. The van der Waals surface area contributed by atoms with Gasteiger partial charge in [0.05, 0.1) is 30.3 Å². The van der Waals surface area contributed by atoms with Gasteiger partial charge < -0.3 is 4.74 Å². The molecular weight excluding hydrogens is 372 g/mol. The molecule has 0 spiro atoms. The van der Waals surface area contributed by atoms with Gasteiger partial charge in [0.15, 0.2) is 0 Å². The largest absolute Gasteiger partial charge is 0.461 e. The lowest BCUT2D eigenvalue weighted by Crippen LogP contribution is -2.29. The van der Waals surface area contributed by atoms with Gasteiger partial charge in [-0.05, 0) is 18.6 Å². The van der Waals surface area contributed by atoms with E-state index >= 15 is 0 Å². The topological polar surface area (TPSA) is 124 Å². The summed E-state index contributed by atoms with van der Waals surface area (Å²) in [6.07, 6.45) is -0.273. The maximum absolute atomic E-state index is 11.9. The summed E-state index contributed by atoms with van der Waals surface area (Å²) in [6.45, 7) is 3.04. The van der Waals surface area contributed by atoms with Crippen molar-refractivity contribution in [3.63, 3.8) is 0 Å². The highest BCUT2D eigenvalue weighted by atomic mass is 32.2. The lowest BCUT2D eigenvalue weighted by molar-refractivity contribution is 0.0255. The lowest BCUT2D eigenvalue weighted by atomic mass is 9.96. The Morgan fingerprint density at radius 1 is 1.04 bits per heavy atom. The van der Waals surface area contributed by atoms with E-state index in [0.29, 0.717) is 5.56 Å². The number of carbonyl (C=O) groups is 1. The molecule has 0 bridgehead atoms. The summed E-state index contributed by atoms with van der Waals surface area (Å²) in [5.74, 6) is -1.72. The standard InChI is InChI=1S/C15H22O8S2/c1-15(2,11-22-14(16)13-7-4-3-5-8-13)12-23-25(20,21)10-6-9-24(17,18)19/h3-5,7-8H,6,9-12H2,1-2H3,(H,17,18,19). The molecule has 0 saturated carbocycles. The zero-order valence-electron chi connectivity index (χ0n) is 14.0. The van der Waals surface area contributed by atoms with Crippen LogP contribution in [0, 0.1) is 5.41 Å². The third-order valence-electron chi connectivity index (χ3n) is 3.03. The zero-order valence-corrected chi connectivity index (χ0v) is 15.7. The van der Waals surface area contributed by atoms with Crippen molar-refractivity contribution < 1.29 is 35.1 Å². The first-order chi connectivity index (χ1) is 11.4. The quantitative estimate of drug-likeness (QED) is 0.360. The molecule has 0 heterocycles. The number of hydrogen-bond acceptors (Lipinski definition) is 7. The highest BCUT2D eigenvalue weighted by Crippen LogP contribution is 2.18. The highest BCUT2D eigenvalue weighted by Gasteiger charge is 2.25. The average molecular weight is 394 g/mol. The van der Waals surface area contributed by atoms with Crippen LogP contribution in [0.15, 0.2) is 30.3 Å². The van der Waals surface area contributed by atoms with E-state index in [2.05, 4.69) is 0 Å². The van der Waals surface area contributed by atoms with Crippen LogP contribution in [-0.4, -0.2) is 52.1 Å². The van der Waals surface area contributed by atoms with Crippen LogP contribution in [0.5, 0.6) is 0 Å². The molecule has 0 aliphatic heterocycles. The van der Waals surface area contributed by atoms with Crippen molar-refractivity contribution >= 4 is 26.2 Å². The second-order valence-electron chi connectivity index (χ2n) is 6.27. The Morgan fingerprint density at radius 3 is 2.20 bits per heavy atom. The first kappa shape index (κ1) is 21.6. The van der Waals surface area contributed by atoms with Gasteiger partial charge in [-0.15, -0.1) is 0 Å². The fourth-order valence-corrected chi connectivity index (χ4v) is 3.49. The second kappa shape index (κ2) is 8.75. The predicted molar refractivity (Wildman–Crippen MR) is 91.3 cm³/mol. The van der Waals surface area contributed by atoms with E-state index < -0.39 is 43.1 Å². The summed E-state index contributed by atoms with van der Waals surface area (Å²) in [4.78, 5) is 11.9. The van der Waals surface area contributed by atoms with E-state index in [4.69, 9.17) is 13.5 Å². The zero-order chi connectivity index (χ0) is 19.1. The van der Waals surface area contributed by atoms with Crippen molar-refractivity contribution in [2.75, 3.05) is 24.7 Å². The Labute approximate surface area is 148 Å². The Hall–Kier alpha value is -1.49. The van der Waals surface area contributed by atoms with Gasteiger partial charge in [-0.3, -0.25) is 8.74 Å². The maximum Gasteiger partial charge on any atom is 0.338 e. The molecule has 10 heteroatoms. The molecule has 142 valence electrons. The Balaban J connectivity index is 2.45. The van der Waals surface area contributed by atoms with Crippen LogP contribution < -0.4 is 0 Å². The minimum Gasteiger partial charge on any atom is -0.461 e. The van der Waals surface area contributed by atoms with Gasteiger partial charge in [0, 0.05) is 5.41 Å². The first-order valence-corrected chi connectivity index (χ1v) is 10.6. The van der Waals surface area contributed by atoms with Gasteiger partial charge in [-0.25, -0.2) is 4.79 Å². The predicted octanol–water partition coefficient (Wildman–Crippen LogP) is 1.49. The van der Waals surface area contributed by atoms with E-state index in [1.807, 2.05) is 0 Å². The van der Waals surface area contributed by atoms with Crippen LogP contribution in [0.4, 0.5) is 0 Å². The summed E-state index contributed by atoms with van der Waals surface area (Å²) < 4.78 is 63.2. The van der Waals surface area contributed by atoms with Crippen LogP contribution >= 0.6 is 0 Å². The summed E-state index contributed by atoms with van der Waals surface area (Å²) in [6, 6.07) is 8.37. The summed E-state index contributed by atoms with van der Waals surface area (Å²) in [5.41, 5.74) is -0.377. The fraction of sp³-hybridized carbons (Fsp3) is 0.533. The minimum absolute atomic E-state index is 0.0543. The number of carbonyl (C=O) groups excluding carboxylic acids is 1. The van der Waals surface area contributed by atoms with Crippen LogP contribution in [0.3, 0.4) is 0 Å². The van der Waals surface area contributed by atoms with E-state index in [1.165, 1.54) is 0 Å². The third kappa shape index (κ3) is 9.54. The Kier molecular flexibility index (Phi) is 7.54. The van der Waals surface area contributed by atoms with Gasteiger partial charge in [-0.2, -0.15) is 16.8 Å². The molecule has 0 fully saturated rings. The minimum atomic E-state index is -4.21. The molecule has 0 radical (unpaired) electrons. The molecule has 1 N–H and O–H groups in total. The summed E-state index contributed by atoms with van der Waals surface area (Å²) >= 11 is 0. The van der Waals surface area contributed by atoms with Crippen LogP contribution in [0.1, 0.15) is 30.6 Å². The molecule has 1 aromatic rings. The molecule has 0 aliphatic rings. The van der Waals surface area contributed by atoms with E-state index in [-0.39, 0.29) is 19.6 Å². The molecule has 25 heavy (non-hydrogen) atoms. The Morgan fingerprint density at radius 2 is 1.64 bits per heavy atom. The smallest absolute Gasteiger partial charge is 0.338 e. The monoisotopic (exact) mass is 394 g/mol. The van der Waals surface area contributed by atoms with Crippen LogP contribution in [0.2, 0.25) is 0 Å². The fourth-order valence-electron chi connectivity index (χ4n) is 1.69. The normalized spacial score (nSPS) is 12.8. The van der Waals surface area contributed by atoms with Gasteiger partial charge in [-0.1, -0.05) is 32.0 Å². The number of ether oxygens (including phenoxy) is 1. The summed E-state index contributed by atoms with van der Waals surface area (Å²) in [7, 11) is -8.16. The van der Waals surface area contributed by atoms with E-state index in [1.54, 1.807) is 44.2 Å². The molecular formula is C15H22O8S2. The lowest BCUT2D eigenvalue weighted by Gasteiger charge is -2.23. The molecule has 1 rings (SSSR count). The SMILES string of the molecule is CC(C)(COC(=O)c1ccccc1)COS(=O)(=O)CCCS(=O)(=O)O. The average Bonchev–Trinajstić information content (AvgIpc) is 2.50. The molecule has 0 unspecified atom stereocenters. The molecule has 0 saturated heterocycles. The summed E-state index contributed by atoms with van der Waals surface area (Å²) in [5, 5.41) is 0. The van der Waals surface area contributed by atoms with E-state index in [9.17, 15) is 21.6 Å². The first-order valence-electron chi connectivity index (χ1n) is 7.45. The molecule has 0 atom stereocenters. The van der Waals surface area contributed by atoms with Gasteiger partial charge in [0.1, 0.15) is 0 Å².